The van der Waals surface area contributed by atoms with Gasteiger partial charge in [-0.15, -0.1) is 0 Å². The molecule has 0 bridgehead atoms. The summed E-state index contributed by atoms with van der Waals surface area (Å²) in [4.78, 5) is 39.4. The monoisotopic (exact) mass is 435 g/mol. The summed E-state index contributed by atoms with van der Waals surface area (Å²) in [6, 6.07) is 3.04. The maximum Gasteiger partial charge on any atom is 0.277 e. The van der Waals surface area contributed by atoms with Gasteiger partial charge in [0.2, 0.25) is 5.43 Å². The van der Waals surface area contributed by atoms with Gasteiger partial charge in [0, 0.05) is 38.9 Å². The zero-order valence-corrected chi connectivity index (χ0v) is 17.2. The molecule has 1 aromatic heterocycles. The number of ether oxygens (including phenoxy) is 1. The molecular formula is C21H23F2N3O5. The smallest absolute Gasteiger partial charge is 0.277 e. The SMILES string of the molecule is CCOCCN1CN(C)n2cc(C(=O)CCc3ccc(F)cc3F)c(=O)c(O)c2C1=O. The van der Waals surface area contributed by atoms with E-state index in [1.165, 1.54) is 21.8 Å². The Labute approximate surface area is 177 Å². The topological polar surface area (TPSA) is 92.1 Å². The van der Waals surface area contributed by atoms with Crippen molar-refractivity contribution < 1.29 is 28.2 Å². The molecule has 0 radical (unpaired) electrons. The second-order valence-electron chi connectivity index (χ2n) is 7.14. The summed E-state index contributed by atoms with van der Waals surface area (Å²) in [7, 11) is 1.63. The molecule has 0 atom stereocenters. The highest BCUT2D eigenvalue weighted by atomic mass is 19.1. The quantitative estimate of drug-likeness (QED) is 0.501. The maximum atomic E-state index is 13.8. The molecule has 1 N–H and O–H groups in total. The van der Waals surface area contributed by atoms with Crippen molar-refractivity contribution in [2.45, 2.75) is 19.8 Å². The number of fused-ring (bicyclic) bond motifs is 1. The number of hydrogen-bond acceptors (Lipinski definition) is 6. The molecule has 0 spiro atoms. The molecule has 2 heterocycles. The van der Waals surface area contributed by atoms with Crippen LogP contribution in [-0.4, -0.2) is 59.8 Å². The van der Waals surface area contributed by atoms with Crippen molar-refractivity contribution in [3.8, 4) is 5.75 Å². The highest BCUT2D eigenvalue weighted by Crippen LogP contribution is 2.21. The van der Waals surface area contributed by atoms with E-state index in [1.54, 1.807) is 12.1 Å². The molecule has 0 saturated heterocycles. The number of nitrogens with zero attached hydrogens (tertiary/aromatic N) is 3. The van der Waals surface area contributed by atoms with Gasteiger partial charge in [0.15, 0.2) is 17.2 Å². The molecule has 1 aliphatic rings. The Morgan fingerprint density at radius 1 is 1.26 bits per heavy atom. The van der Waals surface area contributed by atoms with Crippen LogP contribution in [0.1, 0.15) is 39.8 Å². The number of rotatable bonds is 8. The van der Waals surface area contributed by atoms with Crippen LogP contribution in [0.3, 0.4) is 0 Å². The van der Waals surface area contributed by atoms with Gasteiger partial charge < -0.3 is 14.7 Å². The third-order valence-electron chi connectivity index (χ3n) is 5.04. The van der Waals surface area contributed by atoms with Crippen molar-refractivity contribution in [1.29, 1.82) is 0 Å². The van der Waals surface area contributed by atoms with Crippen LogP contribution in [0, 0.1) is 11.6 Å². The zero-order chi connectivity index (χ0) is 22.7. The summed E-state index contributed by atoms with van der Waals surface area (Å²) in [6.07, 6.45) is 0.931. The molecule has 1 amide bonds. The Morgan fingerprint density at radius 3 is 2.68 bits per heavy atom. The third kappa shape index (κ3) is 4.58. The first-order valence-electron chi connectivity index (χ1n) is 9.78. The highest BCUT2D eigenvalue weighted by molar-refractivity contribution is 6.00. The van der Waals surface area contributed by atoms with Gasteiger partial charge in [-0.2, -0.15) is 0 Å². The van der Waals surface area contributed by atoms with Crippen LogP contribution in [0.25, 0.3) is 0 Å². The Morgan fingerprint density at radius 2 is 2.00 bits per heavy atom. The van der Waals surface area contributed by atoms with Crippen LogP contribution in [0.4, 0.5) is 8.78 Å². The van der Waals surface area contributed by atoms with Crippen molar-refractivity contribution >= 4 is 11.7 Å². The van der Waals surface area contributed by atoms with E-state index in [0.29, 0.717) is 13.2 Å². The fourth-order valence-corrected chi connectivity index (χ4v) is 3.38. The first-order chi connectivity index (χ1) is 14.7. The molecule has 3 rings (SSSR count). The number of aromatic hydroxyl groups is 1. The number of Topliss-reactive ketones (excluding diaryl/α,β-unsaturated/α-hetero) is 1. The molecular weight excluding hydrogens is 412 g/mol. The molecule has 10 heteroatoms. The van der Waals surface area contributed by atoms with Gasteiger partial charge in [0.25, 0.3) is 5.91 Å². The summed E-state index contributed by atoms with van der Waals surface area (Å²) in [6.45, 7) is 3.06. The van der Waals surface area contributed by atoms with Crippen LogP contribution >= 0.6 is 0 Å². The largest absolute Gasteiger partial charge is 0.502 e. The van der Waals surface area contributed by atoms with Crippen molar-refractivity contribution in [3.05, 3.63) is 63.1 Å². The van der Waals surface area contributed by atoms with Crippen LogP contribution < -0.4 is 10.4 Å². The van der Waals surface area contributed by atoms with Gasteiger partial charge in [0.05, 0.1) is 12.2 Å². The normalized spacial score (nSPS) is 13.5. The molecule has 0 aliphatic carbocycles. The van der Waals surface area contributed by atoms with Gasteiger partial charge in [-0.05, 0) is 25.0 Å². The standard InChI is InChI=1S/C21H23F2N3O5/c1-3-31-9-8-25-12-24(2)26-11-15(19(28)20(29)18(26)21(25)30)17(27)7-5-13-4-6-14(22)10-16(13)23/h4,6,10-11,29H,3,5,7-9,12H2,1-2H3. The lowest BCUT2D eigenvalue weighted by Gasteiger charge is -2.37. The summed E-state index contributed by atoms with van der Waals surface area (Å²) in [5.74, 6) is -3.51. The van der Waals surface area contributed by atoms with Crippen LogP contribution in [0.5, 0.6) is 5.75 Å². The number of aryl methyl sites for hydroxylation is 1. The number of aromatic nitrogens is 1. The minimum absolute atomic E-state index is 0.0487. The number of carbonyl (C=O) groups excluding carboxylic acids is 2. The van der Waals surface area contributed by atoms with E-state index in [2.05, 4.69) is 0 Å². The lowest BCUT2D eigenvalue weighted by atomic mass is 10.0. The number of halogens is 2. The second-order valence-corrected chi connectivity index (χ2v) is 7.14. The van der Waals surface area contributed by atoms with E-state index in [0.717, 1.165) is 12.1 Å². The maximum absolute atomic E-state index is 13.8. The van der Waals surface area contributed by atoms with E-state index in [4.69, 9.17) is 4.74 Å². The Bertz CT molecular complexity index is 1070. The summed E-state index contributed by atoms with van der Waals surface area (Å²) in [5.41, 5.74) is -1.39. The molecule has 8 nitrogen and oxygen atoms in total. The first-order valence-corrected chi connectivity index (χ1v) is 9.78. The van der Waals surface area contributed by atoms with Gasteiger partial charge in [-0.1, -0.05) is 6.07 Å². The van der Waals surface area contributed by atoms with Gasteiger partial charge in [0.1, 0.15) is 18.3 Å². The molecule has 0 saturated carbocycles. The van der Waals surface area contributed by atoms with Crippen molar-refractivity contribution in [1.82, 2.24) is 9.58 Å². The fraction of sp³-hybridized carbons (Fsp3) is 0.381. The van der Waals surface area contributed by atoms with Gasteiger partial charge >= 0.3 is 0 Å². The van der Waals surface area contributed by atoms with Crippen LogP contribution in [-0.2, 0) is 11.2 Å². The van der Waals surface area contributed by atoms with Crippen LogP contribution in [0.2, 0.25) is 0 Å². The fourth-order valence-electron chi connectivity index (χ4n) is 3.38. The predicted octanol–water partition coefficient (Wildman–Crippen LogP) is 1.67. The van der Waals surface area contributed by atoms with Crippen LogP contribution in [0.15, 0.2) is 29.2 Å². The number of carbonyl (C=O) groups is 2. The third-order valence-corrected chi connectivity index (χ3v) is 5.04. The van der Waals surface area contributed by atoms with Gasteiger partial charge in [-0.25, -0.2) is 8.78 Å². The van der Waals surface area contributed by atoms with E-state index >= 15 is 0 Å². The van der Waals surface area contributed by atoms with Crippen molar-refractivity contribution in [3.63, 3.8) is 0 Å². The number of benzene rings is 1. The Hall–Kier alpha value is -3.27. The lowest BCUT2D eigenvalue weighted by molar-refractivity contribution is 0.0592. The summed E-state index contributed by atoms with van der Waals surface area (Å²) < 4.78 is 33.4. The Balaban J connectivity index is 1.85. The first kappa shape index (κ1) is 22.4. The summed E-state index contributed by atoms with van der Waals surface area (Å²) >= 11 is 0. The van der Waals surface area contributed by atoms with Crippen molar-refractivity contribution in [2.24, 2.45) is 0 Å². The van der Waals surface area contributed by atoms with E-state index in [-0.39, 0.29) is 42.9 Å². The minimum Gasteiger partial charge on any atom is -0.502 e. The average molecular weight is 435 g/mol. The van der Waals surface area contributed by atoms with Gasteiger partial charge in [-0.3, -0.25) is 24.1 Å². The van der Waals surface area contributed by atoms with E-state index in [9.17, 15) is 28.3 Å². The minimum atomic E-state index is -0.968. The molecule has 1 aliphatic heterocycles. The molecule has 0 fully saturated rings. The summed E-state index contributed by atoms with van der Waals surface area (Å²) in [5, 5.41) is 12.0. The molecule has 31 heavy (non-hydrogen) atoms. The lowest BCUT2D eigenvalue weighted by Crippen LogP contribution is -2.53. The highest BCUT2D eigenvalue weighted by Gasteiger charge is 2.32. The molecule has 2 aromatic rings. The molecule has 0 unspecified atom stereocenters. The zero-order valence-electron chi connectivity index (χ0n) is 17.2. The number of ketones is 1. The molecule has 1 aromatic carbocycles. The average Bonchev–Trinajstić information content (AvgIpc) is 2.72. The van der Waals surface area contributed by atoms with Crippen molar-refractivity contribution in [2.75, 3.05) is 38.5 Å². The Kier molecular flexibility index (Phi) is 6.69. The van der Waals surface area contributed by atoms with E-state index in [1.807, 2.05) is 6.92 Å². The number of hydrogen-bond donors (Lipinski definition) is 1. The number of pyridine rings is 1. The predicted molar refractivity (Wildman–Crippen MR) is 108 cm³/mol. The molecule has 166 valence electrons. The van der Waals surface area contributed by atoms with E-state index < -0.39 is 34.5 Å². The second kappa shape index (κ2) is 9.25. The number of amides is 1.